The van der Waals surface area contributed by atoms with Crippen molar-refractivity contribution in [2.75, 3.05) is 13.1 Å². The average Bonchev–Trinajstić information content (AvgIpc) is 2.46. The van der Waals surface area contributed by atoms with E-state index in [9.17, 15) is 8.42 Å². The van der Waals surface area contributed by atoms with Crippen LogP contribution >= 0.6 is 11.6 Å². The van der Waals surface area contributed by atoms with E-state index in [1.54, 1.807) is 18.2 Å². The number of ether oxygens (including phenoxy) is 1. The lowest BCUT2D eigenvalue weighted by Crippen LogP contribution is -2.54. The van der Waals surface area contributed by atoms with Crippen LogP contribution in [0.5, 0.6) is 0 Å². The van der Waals surface area contributed by atoms with Gasteiger partial charge in [-0.25, -0.2) is 8.42 Å². The van der Waals surface area contributed by atoms with Crippen LogP contribution < -0.4 is 0 Å². The summed E-state index contributed by atoms with van der Waals surface area (Å²) in [5, 5.41) is 0.415. The topological polar surface area (TPSA) is 46.6 Å². The normalized spacial score (nSPS) is 16.4. The second-order valence-corrected chi connectivity index (χ2v) is 7.57. The zero-order chi connectivity index (χ0) is 15.6. The van der Waals surface area contributed by atoms with Crippen molar-refractivity contribution in [3.05, 3.63) is 65.2 Å². The Hall–Kier alpha value is -1.40. The number of nitrogens with zero attached hydrogens (tertiary/aromatic N) is 1. The van der Waals surface area contributed by atoms with Gasteiger partial charge >= 0.3 is 0 Å². The van der Waals surface area contributed by atoms with E-state index >= 15 is 0 Å². The fourth-order valence-electron chi connectivity index (χ4n) is 2.27. The lowest BCUT2D eigenvalue weighted by atomic mass is 10.2. The molecule has 22 heavy (non-hydrogen) atoms. The molecule has 2 aromatic rings. The minimum Gasteiger partial charge on any atom is -0.371 e. The molecule has 0 radical (unpaired) electrons. The maximum absolute atomic E-state index is 12.4. The Morgan fingerprint density at radius 2 is 1.82 bits per heavy atom. The number of rotatable bonds is 5. The highest BCUT2D eigenvalue weighted by Gasteiger charge is 2.37. The fraction of sp³-hybridized carbons (Fsp3) is 0.250. The van der Waals surface area contributed by atoms with E-state index in [1.807, 2.05) is 30.3 Å². The van der Waals surface area contributed by atoms with Crippen molar-refractivity contribution in [1.82, 2.24) is 4.31 Å². The number of sulfonamides is 1. The highest BCUT2D eigenvalue weighted by Crippen LogP contribution is 2.25. The van der Waals surface area contributed by atoms with E-state index in [1.165, 1.54) is 10.4 Å². The third-order valence-electron chi connectivity index (χ3n) is 3.58. The van der Waals surface area contributed by atoms with E-state index in [0.29, 0.717) is 24.7 Å². The molecule has 1 heterocycles. The summed E-state index contributed by atoms with van der Waals surface area (Å²) in [4.78, 5) is 0.224. The molecule has 0 bridgehead atoms. The summed E-state index contributed by atoms with van der Waals surface area (Å²) in [6, 6.07) is 16.1. The first-order chi connectivity index (χ1) is 10.6. The summed E-state index contributed by atoms with van der Waals surface area (Å²) in [7, 11) is -3.47. The first-order valence-electron chi connectivity index (χ1n) is 6.97. The first-order valence-corrected chi connectivity index (χ1v) is 8.79. The van der Waals surface area contributed by atoms with Gasteiger partial charge in [0.15, 0.2) is 0 Å². The lowest BCUT2D eigenvalue weighted by Gasteiger charge is -2.37. The molecule has 1 aliphatic rings. The largest absolute Gasteiger partial charge is 0.371 e. The minimum absolute atomic E-state index is 0.0610. The Morgan fingerprint density at radius 1 is 1.09 bits per heavy atom. The molecule has 2 aromatic carbocycles. The molecule has 1 saturated heterocycles. The summed E-state index contributed by atoms with van der Waals surface area (Å²) < 4.78 is 31.9. The predicted molar refractivity (Wildman–Crippen MR) is 85.2 cm³/mol. The van der Waals surface area contributed by atoms with Crippen LogP contribution in [0, 0.1) is 0 Å². The third-order valence-corrected chi connectivity index (χ3v) is 5.64. The second kappa shape index (κ2) is 6.38. The quantitative estimate of drug-likeness (QED) is 0.842. The fourth-order valence-corrected chi connectivity index (χ4v) is 4.07. The number of hydrogen-bond donors (Lipinski definition) is 0. The van der Waals surface area contributed by atoms with Crippen LogP contribution in [0.15, 0.2) is 59.5 Å². The second-order valence-electron chi connectivity index (χ2n) is 5.20. The van der Waals surface area contributed by atoms with Gasteiger partial charge in [0.25, 0.3) is 0 Å². The number of halogens is 1. The van der Waals surface area contributed by atoms with E-state index in [-0.39, 0.29) is 11.0 Å². The van der Waals surface area contributed by atoms with Crippen molar-refractivity contribution in [3.63, 3.8) is 0 Å². The molecule has 3 rings (SSSR count). The molecule has 4 nitrogen and oxygen atoms in total. The Morgan fingerprint density at radius 3 is 2.50 bits per heavy atom. The van der Waals surface area contributed by atoms with E-state index < -0.39 is 10.0 Å². The summed E-state index contributed by atoms with van der Waals surface area (Å²) >= 11 is 5.86. The van der Waals surface area contributed by atoms with Crippen molar-refractivity contribution >= 4 is 21.6 Å². The molecule has 0 saturated carbocycles. The van der Waals surface area contributed by atoms with Crippen LogP contribution in [0.3, 0.4) is 0 Å². The number of hydrogen-bond acceptors (Lipinski definition) is 3. The highest BCUT2D eigenvalue weighted by molar-refractivity contribution is 7.89. The molecule has 0 amide bonds. The average molecular weight is 338 g/mol. The standard InChI is InChI=1S/C16H16ClNO3S/c17-14-7-4-8-16(9-14)22(19,20)18-10-15(11-18)21-12-13-5-2-1-3-6-13/h1-9,15H,10-12H2. The van der Waals surface area contributed by atoms with Gasteiger partial charge in [0.05, 0.1) is 17.6 Å². The molecule has 0 aromatic heterocycles. The van der Waals surface area contributed by atoms with Gasteiger partial charge in [-0.15, -0.1) is 0 Å². The molecule has 0 spiro atoms. The van der Waals surface area contributed by atoms with Crippen LogP contribution in [-0.2, 0) is 21.4 Å². The predicted octanol–water partition coefficient (Wildman–Crippen LogP) is 2.93. The zero-order valence-corrected chi connectivity index (χ0v) is 13.4. The number of benzene rings is 2. The van der Waals surface area contributed by atoms with Crippen LogP contribution in [0.2, 0.25) is 5.02 Å². The van der Waals surface area contributed by atoms with Crippen LogP contribution in [0.1, 0.15) is 5.56 Å². The van der Waals surface area contributed by atoms with Crippen LogP contribution in [0.25, 0.3) is 0 Å². The third kappa shape index (κ3) is 3.33. The van der Waals surface area contributed by atoms with Gasteiger partial charge < -0.3 is 4.74 Å². The maximum atomic E-state index is 12.4. The Balaban J connectivity index is 1.56. The Kier molecular flexibility index (Phi) is 4.49. The van der Waals surface area contributed by atoms with Gasteiger partial charge in [-0.3, -0.25) is 0 Å². The maximum Gasteiger partial charge on any atom is 0.243 e. The molecule has 116 valence electrons. The molecular formula is C16H16ClNO3S. The van der Waals surface area contributed by atoms with Crippen molar-refractivity contribution in [2.24, 2.45) is 0 Å². The molecule has 0 aliphatic carbocycles. The summed E-state index contributed by atoms with van der Waals surface area (Å²) in [5.74, 6) is 0. The van der Waals surface area contributed by atoms with E-state index in [4.69, 9.17) is 16.3 Å². The van der Waals surface area contributed by atoms with Crippen molar-refractivity contribution in [3.8, 4) is 0 Å². The summed E-state index contributed by atoms with van der Waals surface area (Å²) in [6.07, 6.45) is -0.0610. The molecular weight excluding hydrogens is 322 g/mol. The SMILES string of the molecule is O=S(=O)(c1cccc(Cl)c1)N1CC(OCc2ccccc2)C1. The Bertz CT molecular complexity index is 743. The van der Waals surface area contributed by atoms with Crippen LogP contribution in [-0.4, -0.2) is 31.9 Å². The molecule has 0 N–H and O–H groups in total. The molecule has 0 atom stereocenters. The van der Waals surface area contributed by atoms with Gasteiger partial charge in [0.2, 0.25) is 10.0 Å². The molecule has 1 fully saturated rings. The van der Waals surface area contributed by atoms with Crippen LogP contribution in [0.4, 0.5) is 0 Å². The smallest absolute Gasteiger partial charge is 0.243 e. The van der Waals surface area contributed by atoms with Gasteiger partial charge in [0.1, 0.15) is 0 Å². The molecule has 1 aliphatic heterocycles. The zero-order valence-electron chi connectivity index (χ0n) is 11.9. The van der Waals surface area contributed by atoms with Gasteiger partial charge in [-0.2, -0.15) is 4.31 Å². The van der Waals surface area contributed by atoms with Crippen molar-refractivity contribution in [1.29, 1.82) is 0 Å². The van der Waals surface area contributed by atoms with Gasteiger partial charge in [-0.05, 0) is 23.8 Å². The summed E-state index contributed by atoms with van der Waals surface area (Å²) in [5.41, 5.74) is 1.08. The molecule has 6 heteroatoms. The summed E-state index contributed by atoms with van der Waals surface area (Å²) in [6.45, 7) is 1.25. The first kappa shape index (κ1) is 15.5. The van der Waals surface area contributed by atoms with Gasteiger partial charge in [-0.1, -0.05) is 48.0 Å². The van der Waals surface area contributed by atoms with Gasteiger partial charge in [0, 0.05) is 18.1 Å². The minimum atomic E-state index is -3.47. The van der Waals surface area contributed by atoms with Crippen molar-refractivity contribution in [2.45, 2.75) is 17.6 Å². The highest BCUT2D eigenvalue weighted by atomic mass is 35.5. The van der Waals surface area contributed by atoms with Crippen molar-refractivity contribution < 1.29 is 13.2 Å². The Labute approximate surface area is 135 Å². The van der Waals surface area contributed by atoms with E-state index in [0.717, 1.165) is 5.56 Å². The monoisotopic (exact) mass is 337 g/mol. The van der Waals surface area contributed by atoms with E-state index in [2.05, 4.69) is 0 Å². The molecule has 0 unspecified atom stereocenters. The lowest BCUT2D eigenvalue weighted by molar-refractivity contribution is -0.0295.